The van der Waals surface area contributed by atoms with Gasteiger partial charge in [-0.3, -0.25) is 13.8 Å². The minimum absolute atomic E-state index is 0.0546. The van der Waals surface area contributed by atoms with Crippen LogP contribution in [0.5, 0.6) is 0 Å². The Morgan fingerprint density at radius 3 is 1.20 bits per heavy atom. The Labute approximate surface area is 404 Å². The summed E-state index contributed by atoms with van der Waals surface area (Å²) in [5.41, 5.74) is 0. The second-order valence-corrected chi connectivity index (χ2v) is 21.8. The lowest BCUT2D eigenvalue weighted by Gasteiger charge is -2.25. The molecule has 0 aromatic rings. The summed E-state index contributed by atoms with van der Waals surface area (Å²) in [6, 6.07) is -0.866. The van der Waals surface area contributed by atoms with Crippen molar-refractivity contribution >= 4 is 13.7 Å². The van der Waals surface area contributed by atoms with E-state index in [-0.39, 0.29) is 19.1 Å². The van der Waals surface area contributed by atoms with E-state index >= 15 is 0 Å². The van der Waals surface area contributed by atoms with Crippen LogP contribution in [0.3, 0.4) is 0 Å². The fourth-order valence-corrected chi connectivity index (χ4v) is 8.94. The number of phosphoric acid groups is 1. The summed E-state index contributed by atoms with van der Waals surface area (Å²) in [6.45, 7) is 4.73. The molecule has 0 fully saturated rings. The first-order chi connectivity index (χ1) is 31.5. The normalized spacial score (nSPS) is 14.3. The Morgan fingerprint density at radius 2 is 0.846 bits per heavy atom. The van der Waals surface area contributed by atoms with Gasteiger partial charge < -0.3 is 19.8 Å². The smallest absolute Gasteiger partial charge is 0.387 e. The largest absolute Gasteiger partial charge is 0.472 e. The molecule has 0 aliphatic heterocycles. The number of amides is 1. The van der Waals surface area contributed by atoms with Gasteiger partial charge in [0.1, 0.15) is 13.2 Å². The average molecular weight is 938 g/mol. The van der Waals surface area contributed by atoms with Crippen LogP contribution in [-0.2, 0) is 18.4 Å². The van der Waals surface area contributed by atoms with Crippen LogP contribution in [0.2, 0.25) is 0 Å². The van der Waals surface area contributed by atoms with E-state index in [1.54, 1.807) is 6.08 Å². The molecule has 9 heteroatoms. The number of hydrogen-bond acceptors (Lipinski definition) is 5. The zero-order valence-electron chi connectivity index (χ0n) is 43.7. The predicted molar refractivity (Wildman–Crippen MR) is 281 cm³/mol. The molecular formula is C56H110N2O6P+. The van der Waals surface area contributed by atoms with Crippen molar-refractivity contribution in [3.8, 4) is 0 Å². The highest BCUT2D eigenvalue weighted by molar-refractivity contribution is 7.47. The molecule has 65 heavy (non-hydrogen) atoms. The minimum Gasteiger partial charge on any atom is -0.387 e. The molecule has 0 bridgehead atoms. The van der Waals surface area contributed by atoms with Crippen LogP contribution in [0.15, 0.2) is 36.5 Å². The number of nitrogens with one attached hydrogen (secondary N) is 1. The zero-order valence-corrected chi connectivity index (χ0v) is 44.6. The molecule has 0 radical (unpaired) electrons. The number of allylic oxidation sites excluding steroid dienone is 5. The number of phosphoric ester groups is 1. The Hall–Kier alpha value is -1.28. The van der Waals surface area contributed by atoms with Crippen molar-refractivity contribution in [1.82, 2.24) is 5.32 Å². The van der Waals surface area contributed by atoms with Gasteiger partial charge in [-0.15, -0.1) is 0 Å². The molecule has 3 N–H and O–H groups in total. The molecule has 384 valence electrons. The van der Waals surface area contributed by atoms with E-state index in [9.17, 15) is 19.4 Å². The lowest BCUT2D eigenvalue weighted by molar-refractivity contribution is -0.870. The maximum absolute atomic E-state index is 12.9. The SMILES string of the molecule is CCC/C=C/CC/C=C/CC/C=C/C(O)C(COP(=O)(O)OCC[N+](C)(C)C)NC(=O)CCCCCCCCCCCCCCCCCCCCCCCCCCCCCCCCCC. The topological polar surface area (TPSA) is 105 Å². The standard InChI is InChI=1S/C56H109N2O6P/c1-6-8-10-12-14-16-18-19-20-21-22-23-24-25-26-27-28-29-30-31-32-33-34-35-36-37-38-40-42-44-46-48-50-56(60)57-54(53-64-65(61,62)63-52-51-58(3,4)5)55(59)49-47-45-43-41-39-17-15-13-11-9-7-2/h11,13,39,41,47,49,54-55,59H,6-10,12,14-38,40,42-46,48,50-53H2,1-5H3,(H-,57,60,61,62)/p+1/b13-11+,41-39+,49-47+. The van der Waals surface area contributed by atoms with Crippen molar-refractivity contribution in [2.24, 2.45) is 0 Å². The van der Waals surface area contributed by atoms with E-state index in [0.717, 1.165) is 51.4 Å². The molecule has 0 spiro atoms. The van der Waals surface area contributed by atoms with Crippen LogP contribution in [0.1, 0.15) is 264 Å². The Morgan fingerprint density at radius 1 is 0.508 bits per heavy atom. The van der Waals surface area contributed by atoms with Gasteiger partial charge in [0.05, 0.1) is 39.9 Å². The van der Waals surface area contributed by atoms with Crippen molar-refractivity contribution in [2.45, 2.75) is 276 Å². The van der Waals surface area contributed by atoms with Gasteiger partial charge in [-0.2, -0.15) is 0 Å². The molecule has 0 aromatic carbocycles. The molecule has 0 saturated carbocycles. The Bertz CT molecular complexity index is 1150. The van der Waals surface area contributed by atoms with Crippen molar-refractivity contribution in [3.63, 3.8) is 0 Å². The number of unbranched alkanes of at least 4 members (excludes halogenated alkanes) is 34. The summed E-state index contributed by atoms with van der Waals surface area (Å²) in [4.78, 5) is 23.2. The molecular weight excluding hydrogens is 828 g/mol. The number of quaternary nitrogens is 1. The van der Waals surface area contributed by atoms with Gasteiger partial charge in [0, 0.05) is 6.42 Å². The molecule has 0 heterocycles. The molecule has 0 rings (SSSR count). The number of carbonyl (C=O) groups excluding carboxylic acids is 1. The van der Waals surface area contributed by atoms with E-state index in [2.05, 4.69) is 43.5 Å². The lowest BCUT2D eigenvalue weighted by Crippen LogP contribution is -2.45. The van der Waals surface area contributed by atoms with Gasteiger partial charge in [-0.1, -0.05) is 256 Å². The summed E-state index contributed by atoms with van der Waals surface area (Å²) < 4.78 is 23.6. The third-order valence-electron chi connectivity index (χ3n) is 12.6. The van der Waals surface area contributed by atoms with Gasteiger partial charge in [-0.25, -0.2) is 4.57 Å². The maximum Gasteiger partial charge on any atom is 0.472 e. The fraction of sp³-hybridized carbons (Fsp3) is 0.875. The lowest BCUT2D eigenvalue weighted by atomic mass is 10.0. The first kappa shape index (κ1) is 63.7. The zero-order chi connectivity index (χ0) is 47.8. The highest BCUT2D eigenvalue weighted by Gasteiger charge is 2.27. The maximum atomic E-state index is 12.9. The summed E-state index contributed by atoms with van der Waals surface area (Å²) in [5, 5.41) is 13.8. The van der Waals surface area contributed by atoms with Gasteiger partial charge in [0.25, 0.3) is 0 Å². The number of likely N-dealkylation sites (N-methyl/N-ethyl adjacent to an activating group) is 1. The summed E-state index contributed by atoms with van der Waals surface area (Å²) in [6.07, 6.45) is 61.4. The van der Waals surface area contributed by atoms with Crippen LogP contribution in [-0.4, -0.2) is 73.4 Å². The quantitative estimate of drug-likeness (QED) is 0.0243. The number of hydrogen-bond donors (Lipinski definition) is 3. The van der Waals surface area contributed by atoms with Crippen molar-refractivity contribution in [2.75, 3.05) is 40.9 Å². The van der Waals surface area contributed by atoms with Crippen molar-refractivity contribution in [3.05, 3.63) is 36.5 Å². The number of aliphatic hydroxyl groups is 1. The summed E-state index contributed by atoms with van der Waals surface area (Å²) in [7, 11) is 1.55. The van der Waals surface area contributed by atoms with Crippen molar-refractivity contribution in [1.29, 1.82) is 0 Å². The third kappa shape index (κ3) is 50.4. The predicted octanol–water partition coefficient (Wildman–Crippen LogP) is 16.6. The van der Waals surface area contributed by atoms with Crippen LogP contribution in [0, 0.1) is 0 Å². The molecule has 3 atom stereocenters. The van der Waals surface area contributed by atoms with Gasteiger partial charge in [-0.05, 0) is 38.5 Å². The van der Waals surface area contributed by atoms with E-state index < -0.39 is 20.0 Å². The fourth-order valence-electron chi connectivity index (χ4n) is 8.20. The first-order valence-electron chi connectivity index (χ1n) is 27.9. The molecule has 0 saturated heterocycles. The summed E-state index contributed by atoms with van der Waals surface area (Å²) in [5.74, 6) is -0.189. The molecule has 0 aliphatic rings. The molecule has 8 nitrogen and oxygen atoms in total. The highest BCUT2D eigenvalue weighted by Crippen LogP contribution is 2.43. The van der Waals surface area contributed by atoms with E-state index in [0.29, 0.717) is 17.4 Å². The van der Waals surface area contributed by atoms with Crippen molar-refractivity contribution < 1.29 is 32.9 Å². The van der Waals surface area contributed by atoms with Gasteiger partial charge in [0.2, 0.25) is 5.91 Å². The molecule has 3 unspecified atom stereocenters. The van der Waals surface area contributed by atoms with Crippen LogP contribution in [0.4, 0.5) is 0 Å². The number of aliphatic hydroxyl groups excluding tert-OH is 1. The van der Waals surface area contributed by atoms with E-state index in [1.807, 2.05) is 27.2 Å². The molecule has 1 amide bonds. The first-order valence-corrected chi connectivity index (χ1v) is 29.4. The minimum atomic E-state index is -4.35. The second-order valence-electron chi connectivity index (χ2n) is 20.3. The van der Waals surface area contributed by atoms with Crippen LogP contribution < -0.4 is 5.32 Å². The number of nitrogens with zero attached hydrogens (tertiary/aromatic N) is 1. The van der Waals surface area contributed by atoms with Gasteiger partial charge >= 0.3 is 7.82 Å². The van der Waals surface area contributed by atoms with E-state index in [1.165, 1.54) is 193 Å². The summed E-state index contributed by atoms with van der Waals surface area (Å²) >= 11 is 0. The Balaban J connectivity index is 3.96. The molecule has 0 aliphatic carbocycles. The average Bonchev–Trinajstić information content (AvgIpc) is 3.26. The number of carbonyl (C=O) groups is 1. The second kappa shape index (κ2) is 47.8. The third-order valence-corrected chi connectivity index (χ3v) is 13.6. The highest BCUT2D eigenvalue weighted by atomic mass is 31.2. The van der Waals surface area contributed by atoms with Crippen LogP contribution in [0.25, 0.3) is 0 Å². The van der Waals surface area contributed by atoms with Gasteiger partial charge in [0.15, 0.2) is 0 Å². The Kier molecular flexibility index (Phi) is 46.8. The number of rotatable bonds is 51. The van der Waals surface area contributed by atoms with Crippen LogP contribution >= 0.6 is 7.82 Å². The van der Waals surface area contributed by atoms with E-state index in [4.69, 9.17) is 9.05 Å². The monoisotopic (exact) mass is 938 g/mol. The molecule has 0 aromatic heterocycles.